The van der Waals surface area contributed by atoms with Gasteiger partial charge in [0.25, 0.3) is 5.56 Å². The van der Waals surface area contributed by atoms with E-state index < -0.39 is 0 Å². The van der Waals surface area contributed by atoms with E-state index in [-0.39, 0.29) is 5.56 Å². The molecule has 26 heavy (non-hydrogen) atoms. The first kappa shape index (κ1) is 16.5. The Morgan fingerprint density at radius 1 is 1.27 bits per heavy atom. The van der Waals surface area contributed by atoms with Crippen molar-refractivity contribution in [3.8, 4) is 11.5 Å². The zero-order chi connectivity index (χ0) is 18.1. The summed E-state index contributed by atoms with van der Waals surface area (Å²) in [4.78, 5) is 29.9. The topological polar surface area (TPSA) is 87.9 Å². The highest BCUT2D eigenvalue weighted by molar-refractivity contribution is 5.44. The molecule has 136 valence electrons. The lowest BCUT2D eigenvalue weighted by Crippen LogP contribution is -2.45. The minimum atomic E-state index is -0.183. The number of aromatic nitrogens is 6. The Morgan fingerprint density at radius 3 is 2.88 bits per heavy atom. The summed E-state index contributed by atoms with van der Waals surface area (Å²) < 4.78 is 3.09. The van der Waals surface area contributed by atoms with Crippen LogP contribution < -0.4 is 10.5 Å². The SMILES string of the molecule is CN(C)C1CCCN(c2cc(-n3[nH]cc(-n4ccnc4)c3=O)ncn2)C1. The summed E-state index contributed by atoms with van der Waals surface area (Å²) in [5, 5.41) is 2.97. The van der Waals surface area contributed by atoms with E-state index >= 15 is 0 Å². The summed E-state index contributed by atoms with van der Waals surface area (Å²) in [6, 6.07) is 2.36. The van der Waals surface area contributed by atoms with Gasteiger partial charge in [0.15, 0.2) is 5.82 Å². The fourth-order valence-corrected chi connectivity index (χ4v) is 3.33. The number of nitrogens with one attached hydrogen (secondary N) is 1. The maximum atomic E-state index is 12.7. The predicted molar refractivity (Wildman–Crippen MR) is 98.0 cm³/mol. The second-order valence-corrected chi connectivity index (χ2v) is 6.71. The van der Waals surface area contributed by atoms with Crippen LogP contribution in [0.2, 0.25) is 0 Å². The highest BCUT2D eigenvalue weighted by Gasteiger charge is 2.23. The normalized spacial score (nSPS) is 17.8. The van der Waals surface area contributed by atoms with Crippen molar-refractivity contribution in [2.45, 2.75) is 18.9 Å². The number of H-pyrrole nitrogens is 1. The summed E-state index contributed by atoms with van der Waals surface area (Å²) in [6.07, 6.45) is 10.4. The van der Waals surface area contributed by atoms with Crippen molar-refractivity contribution in [2.75, 3.05) is 32.1 Å². The minimum Gasteiger partial charge on any atom is -0.355 e. The van der Waals surface area contributed by atoms with Crippen LogP contribution in [0.1, 0.15) is 12.8 Å². The first-order valence-electron chi connectivity index (χ1n) is 8.66. The Labute approximate surface area is 150 Å². The number of aromatic amines is 1. The van der Waals surface area contributed by atoms with E-state index in [4.69, 9.17) is 0 Å². The fraction of sp³-hybridized carbons (Fsp3) is 0.412. The lowest BCUT2D eigenvalue weighted by molar-refractivity contribution is 0.257. The molecule has 0 radical (unpaired) electrons. The molecule has 3 aromatic rings. The number of hydrogen-bond acceptors (Lipinski definition) is 6. The summed E-state index contributed by atoms with van der Waals surface area (Å²) >= 11 is 0. The van der Waals surface area contributed by atoms with Crippen molar-refractivity contribution in [1.82, 2.24) is 34.2 Å². The average Bonchev–Trinajstić information content (AvgIpc) is 3.31. The van der Waals surface area contributed by atoms with Crippen LogP contribution in [0.15, 0.2) is 42.1 Å². The van der Waals surface area contributed by atoms with Gasteiger partial charge in [-0.25, -0.2) is 15.0 Å². The first-order chi connectivity index (χ1) is 12.6. The highest BCUT2D eigenvalue weighted by atomic mass is 16.1. The Balaban J connectivity index is 1.64. The Morgan fingerprint density at radius 2 is 2.12 bits per heavy atom. The molecule has 3 aromatic heterocycles. The second kappa shape index (κ2) is 6.75. The molecule has 1 aliphatic rings. The molecule has 1 saturated heterocycles. The zero-order valence-electron chi connectivity index (χ0n) is 14.9. The number of hydrogen-bond donors (Lipinski definition) is 1. The van der Waals surface area contributed by atoms with Crippen molar-refractivity contribution in [2.24, 2.45) is 0 Å². The van der Waals surface area contributed by atoms with Gasteiger partial charge < -0.3 is 9.80 Å². The van der Waals surface area contributed by atoms with Gasteiger partial charge in [0, 0.05) is 43.8 Å². The average molecular weight is 354 g/mol. The maximum Gasteiger partial charge on any atom is 0.296 e. The van der Waals surface area contributed by atoms with Crippen LogP contribution in [0.25, 0.3) is 11.5 Å². The Kier molecular flexibility index (Phi) is 4.29. The van der Waals surface area contributed by atoms with E-state index in [0.717, 1.165) is 25.3 Å². The third-order valence-corrected chi connectivity index (χ3v) is 4.85. The lowest BCUT2D eigenvalue weighted by atomic mass is 10.1. The van der Waals surface area contributed by atoms with Crippen LogP contribution in [0.4, 0.5) is 5.82 Å². The molecule has 0 spiro atoms. The summed E-state index contributed by atoms with van der Waals surface area (Å²) in [7, 11) is 4.21. The van der Waals surface area contributed by atoms with E-state index in [2.05, 4.69) is 43.9 Å². The third kappa shape index (κ3) is 3.01. The van der Waals surface area contributed by atoms with Crippen molar-refractivity contribution in [3.63, 3.8) is 0 Å². The Bertz CT molecular complexity index is 926. The van der Waals surface area contributed by atoms with Gasteiger partial charge in [-0.05, 0) is 26.9 Å². The monoisotopic (exact) mass is 354 g/mol. The number of rotatable bonds is 4. The highest BCUT2D eigenvalue weighted by Crippen LogP contribution is 2.20. The van der Waals surface area contributed by atoms with Gasteiger partial charge in [-0.3, -0.25) is 14.5 Å². The van der Waals surface area contributed by atoms with Gasteiger partial charge >= 0.3 is 0 Å². The molecule has 0 amide bonds. The fourth-order valence-electron chi connectivity index (χ4n) is 3.33. The van der Waals surface area contributed by atoms with Gasteiger partial charge in [-0.2, -0.15) is 4.68 Å². The van der Waals surface area contributed by atoms with Gasteiger partial charge in [0.05, 0.1) is 6.33 Å². The number of piperidine rings is 1. The summed E-state index contributed by atoms with van der Waals surface area (Å²) in [6.45, 7) is 1.88. The molecule has 1 atom stereocenters. The van der Waals surface area contributed by atoms with Gasteiger partial charge in [0.2, 0.25) is 0 Å². The minimum absolute atomic E-state index is 0.183. The summed E-state index contributed by atoms with van der Waals surface area (Å²) in [5.41, 5.74) is 0.311. The van der Waals surface area contributed by atoms with Crippen molar-refractivity contribution >= 4 is 5.82 Å². The predicted octanol–water partition coefficient (Wildman–Crippen LogP) is 0.672. The van der Waals surface area contributed by atoms with Gasteiger partial charge in [0.1, 0.15) is 17.8 Å². The molecule has 0 bridgehead atoms. The molecule has 0 aromatic carbocycles. The van der Waals surface area contributed by atoms with E-state index in [1.54, 1.807) is 29.5 Å². The molecule has 1 N–H and O–H groups in total. The smallest absolute Gasteiger partial charge is 0.296 e. The van der Waals surface area contributed by atoms with Gasteiger partial charge in [-0.1, -0.05) is 0 Å². The van der Waals surface area contributed by atoms with Crippen LogP contribution in [0.5, 0.6) is 0 Å². The van der Waals surface area contributed by atoms with Crippen molar-refractivity contribution < 1.29 is 0 Å². The quantitative estimate of drug-likeness (QED) is 0.741. The standard InChI is InChI=1S/C17H22N8O/c1-22(2)13-4-3-6-23(10-13)15-8-16(20-11-19-15)25-17(26)14(9-21-25)24-7-5-18-12-24/h5,7-9,11-13,21H,3-4,6,10H2,1-2H3. The largest absolute Gasteiger partial charge is 0.355 e. The number of nitrogens with zero attached hydrogens (tertiary/aromatic N) is 7. The van der Waals surface area contributed by atoms with Crippen LogP contribution in [0, 0.1) is 0 Å². The molecule has 0 saturated carbocycles. The third-order valence-electron chi connectivity index (χ3n) is 4.85. The number of likely N-dealkylation sites (N-methyl/N-ethyl adjacent to an activating group) is 1. The van der Waals surface area contributed by atoms with E-state index in [0.29, 0.717) is 17.5 Å². The van der Waals surface area contributed by atoms with Crippen molar-refractivity contribution in [1.29, 1.82) is 0 Å². The van der Waals surface area contributed by atoms with Crippen LogP contribution in [-0.2, 0) is 0 Å². The molecule has 0 aliphatic carbocycles. The van der Waals surface area contributed by atoms with E-state index in [9.17, 15) is 4.79 Å². The molecule has 4 heterocycles. The van der Waals surface area contributed by atoms with E-state index in [1.165, 1.54) is 17.4 Å². The summed E-state index contributed by atoms with van der Waals surface area (Å²) in [5.74, 6) is 1.37. The molecular formula is C17H22N8O. The number of imidazole rings is 1. The molecule has 1 aliphatic heterocycles. The molecule has 9 nitrogen and oxygen atoms in total. The van der Waals surface area contributed by atoms with Crippen molar-refractivity contribution in [3.05, 3.63) is 47.7 Å². The lowest BCUT2D eigenvalue weighted by Gasteiger charge is -2.36. The molecule has 1 fully saturated rings. The second-order valence-electron chi connectivity index (χ2n) is 6.71. The molecule has 9 heteroatoms. The van der Waals surface area contributed by atoms with Crippen LogP contribution >= 0.6 is 0 Å². The van der Waals surface area contributed by atoms with E-state index in [1.807, 2.05) is 6.07 Å². The maximum absolute atomic E-state index is 12.7. The molecule has 4 rings (SSSR count). The zero-order valence-corrected chi connectivity index (χ0v) is 14.9. The van der Waals surface area contributed by atoms with Crippen LogP contribution in [-0.4, -0.2) is 67.4 Å². The number of anilines is 1. The first-order valence-corrected chi connectivity index (χ1v) is 8.66. The molecule has 1 unspecified atom stereocenters. The molecular weight excluding hydrogens is 332 g/mol. The van der Waals surface area contributed by atoms with Gasteiger partial charge in [-0.15, -0.1) is 0 Å². The Hall–Kier alpha value is -2.94. The van der Waals surface area contributed by atoms with Crippen LogP contribution in [0.3, 0.4) is 0 Å².